The molecule has 0 radical (unpaired) electrons. The van der Waals surface area contributed by atoms with E-state index in [4.69, 9.17) is 9.47 Å². The number of carbonyl (C=O) groups is 1. The second kappa shape index (κ2) is 10.1. The van der Waals surface area contributed by atoms with Crippen LogP contribution in [0.4, 0.5) is 0 Å². The highest BCUT2D eigenvalue weighted by atomic mass is 16.5. The number of aryl methyl sites for hydroxylation is 1. The van der Waals surface area contributed by atoms with Gasteiger partial charge in [-0.1, -0.05) is 54.1 Å². The maximum atomic E-state index is 12.3. The zero-order chi connectivity index (χ0) is 23.4. The minimum absolute atomic E-state index is 0.428. The van der Waals surface area contributed by atoms with E-state index >= 15 is 0 Å². The van der Waals surface area contributed by atoms with Gasteiger partial charge in [-0.2, -0.15) is 0 Å². The summed E-state index contributed by atoms with van der Waals surface area (Å²) in [5.74, 6) is 2.47. The molecule has 1 aliphatic rings. The molecular formula is C30H32O3. The van der Waals surface area contributed by atoms with Crippen molar-refractivity contribution in [1.29, 1.82) is 0 Å². The zero-order valence-electron chi connectivity index (χ0n) is 19.8. The Bertz CT molecular complexity index is 1200. The molecule has 3 aromatic rings. The van der Waals surface area contributed by atoms with Crippen molar-refractivity contribution in [2.24, 2.45) is 5.92 Å². The van der Waals surface area contributed by atoms with Crippen molar-refractivity contribution in [1.82, 2.24) is 0 Å². The molecule has 0 heterocycles. The summed E-state index contributed by atoms with van der Waals surface area (Å²) in [7, 11) is 0. The standard InChI is InChI=1S/C30H32O3/c1-5-28(31)33-30-24-16-14-21(4)18-26(24)29(32-23-12-7-6-8-13-23)25-17-15-22(19-27(25)30)11-9-10-20(2)3/h5-8,10,12-14,16,18,22H,1,9,11,15,17,19H2,2-4H3. The molecule has 0 saturated heterocycles. The van der Waals surface area contributed by atoms with Crippen LogP contribution in [-0.2, 0) is 17.6 Å². The van der Waals surface area contributed by atoms with Gasteiger partial charge < -0.3 is 9.47 Å². The van der Waals surface area contributed by atoms with Gasteiger partial charge in [0, 0.05) is 28.0 Å². The fourth-order valence-electron chi connectivity index (χ4n) is 4.70. The van der Waals surface area contributed by atoms with Gasteiger partial charge in [-0.05, 0) is 77.0 Å². The number of para-hydroxylation sites is 1. The lowest BCUT2D eigenvalue weighted by Crippen LogP contribution is -2.18. The molecule has 3 aromatic carbocycles. The van der Waals surface area contributed by atoms with Gasteiger partial charge in [0.05, 0.1) is 0 Å². The van der Waals surface area contributed by atoms with Gasteiger partial charge in [-0.15, -0.1) is 0 Å². The molecular weight excluding hydrogens is 408 g/mol. The SMILES string of the molecule is C=CC(=O)Oc1c2c(c(Oc3ccccc3)c3cc(C)ccc13)CCC(CCC=C(C)C)C2. The maximum absolute atomic E-state index is 12.3. The van der Waals surface area contributed by atoms with E-state index in [0.717, 1.165) is 71.1 Å². The van der Waals surface area contributed by atoms with Gasteiger partial charge in [0.25, 0.3) is 0 Å². The van der Waals surface area contributed by atoms with Gasteiger partial charge in [0.15, 0.2) is 0 Å². The van der Waals surface area contributed by atoms with Crippen LogP contribution in [0.2, 0.25) is 0 Å². The van der Waals surface area contributed by atoms with E-state index in [1.807, 2.05) is 36.4 Å². The number of rotatable bonds is 7. The summed E-state index contributed by atoms with van der Waals surface area (Å²) < 4.78 is 12.4. The molecule has 33 heavy (non-hydrogen) atoms. The molecule has 4 rings (SSSR count). The number of hydrogen-bond acceptors (Lipinski definition) is 3. The van der Waals surface area contributed by atoms with Gasteiger partial charge in [0.1, 0.15) is 17.2 Å². The van der Waals surface area contributed by atoms with Crippen LogP contribution in [0.25, 0.3) is 10.8 Å². The minimum atomic E-state index is -0.428. The van der Waals surface area contributed by atoms with Crippen molar-refractivity contribution in [3.8, 4) is 17.2 Å². The topological polar surface area (TPSA) is 35.5 Å². The monoisotopic (exact) mass is 440 g/mol. The summed E-state index contributed by atoms with van der Waals surface area (Å²) in [4.78, 5) is 12.3. The molecule has 0 N–H and O–H groups in total. The Kier molecular flexibility index (Phi) is 6.98. The van der Waals surface area contributed by atoms with Crippen molar-refractivity contribution in [2.75, 3.05) is 0 Å². The van der Waals surface area contributed by atoms with Crippen LogP contribution in [0.5, 0.6) is 17.2 Å². The van der Waals surface area contributed by atoms with Crippen molar-refractivity contribution in [2.45, 2.75) is 52.9 Å². The number of fused-ring (bicyclic) bond motifs is 2. The van der Waals surface area contributed by atoms with Crippen molar-refractivity contribution < 1.29 is 14.3 Å². The lowest BCUT2D eigenvalue weighted by Gasteiger charge is -2.29. The Hall–Kier alpha value is -3.33. The molecule has 0 saturated carbocycles. The first-order valence-electron chi connectivity index (χ1n) is 11.7. The summed E-state index contributed by atoms with van der Waals surface area (Å²) in [5, 5.41) is 1.89. The van der Waals surface area contributed by atoms with Gasteiger partial charge in [-0.3, -0.25) is 0 Å². The highest BCUT2D eigenvalue weighted by molar-refractivity contribution is 5.99. The Morgan fingerprint density at radius 2 is 1.85 bits per heavy atom. The predicted octanol–water partition coefficient (Wildman–Crippen LogP) is 7.88. The molecule has 0 aliphatic heterocycles. The van der Waals surface area contributed by atoms with Crippen LogP contribution in [0.3, 0.4) is 0 Å². The largest absolute Gasteiger partial charge is 0.456 e. The molecule has 0 amide bonds. The third-order valence-corrected chi connectivity index (χ3v) is 6.33. The Balaban J connectivity index is 1.86. The fraction of sp³-hybridized carbons (Fsp3) is 0.300. The van der Waals surface area contributed by atoms with Crippen LogP contribution in [-0.4, -0.2) is 5.97 Å². The summed E-state index contributed by atoms with van der Waals surface area (Å²) in [6.07, 6.45) is 8.61. The number of hydrogen-bond donors (Lipinski definition) is 0. The molecule has 3 heteroatoms. The number of esters is 1. The number of benzene rings is 3. The van der Waals surface area contributed by atoms with Gasteiger partial charge in [-0.25, -0.2) is 4.79 Å². The van der Waals surface area contributed by atoms with E-state index in [1.54, 1.807) is 0 Å². The summed E-state index contributed by atoms with van der Waals surface area (Å²) in [6, 6.07) is 16.1. The minimum Gasteiger partial charge on any atom is -0.456 e. The van der Waals surface area contributed by atoms with Gasteiger partial charge in [0.2, 0.25) is 0 Å². The van der Waals surface area contributed by atoms with E-state index in [1.165, 1.54) is 11.6 Å². The normalized spacial score (nSPS) is 14.9. The molecule has 0 fully saturated rings. The molecule has 0 spiro atoms. The first-order chi connectivity index (χ1) is 16.0. The fourth-order valence-corrected chi connectivity index (χ4v) is 4.70. The zero-order valence-corrected chi connectivity index (χ0v) is 19.8. The quantitative estimate of drug-likeness (QED) is 0.162. The van der Waals surface area contributed by atoms with Crippen LogP contribution >= 0.6 is 0 Å². The lowest BCUT2D eigenvalue weighted by atomic mass is 9.79. The first-order valence-corrected chi connectivity index (χ1v) is 11.7. The third kappa shape index (κ3) is 5.19. The number of allylic oxidation sites excluding steroid dienone is 2. The smallest absolute Gasteiger partial charge is 0.335 e. The van der Waals surface area contributed by atoms with Crippen LogP contribution in [0.15, 0.2) is 72.8 Å². The van der Waals surface area contributed by atoms with E-state index in [-0.39, 0.29) is 0 Å². The average Bonchev–Trinajstić information content (AvgIpc) is 2.81. The highest BCUT2D eigenvalue weighted by Gasteiger charge is 2.29. The molecule has 170 valence electrons. The van der Waals surface area contributed by atoms with E-state index in [0.29, 0.717) is 11.7 Å². The van der Waals surface area contributed by atoms with E-state index in [9.17, 15) is 4.79 Å². The van der Waals surface area contributed by atoms with Crippen LogP contribution in [0.1, 0.15) is 49.8 Å². The molecule has 1 unspecified atom stereocenters. The second-order valence-corrected chi connectivity index (χ2v) is 9.17. The van der Waals surface area contributed by atoms with E-state index in [2.05, 4.69) is 45.6 Å². The molecule has 3 nitrogen and oxygen atoms in total. The van der Waals surface area contributed by atoms with Crippen molar-refractivity contribution in [3.63, 3.8) is 0 Å². The summed E-state index contributed by atoms with van der Waals surface area (Å²) in [5.41, 5.74) is 4.74. The number of ether oxygens (including phenoxy) is 2. The predicted molar refractivity (Wildman–Crippen MR) is 135 cm³/mol. The van der Waals surface area contributed by atoms with Gasteiger partial charge >= 0.3 is 5.97 Å². The molecule has 1 atom stereocenters. The lowest BCUT2D eigenvalue weighted by molar-refractivity contribution is -0.128. The Labute approximate surface area is 196 Å². The summed E-state index contributed by atoms with van der Waals surface area (Å²) >= 11 is 0. The number of carbonyl (C=O) groups excluding carboxylic acids is 1. The molecule has 0 bridgehead atoms. The third-order valence-electron chi connectivity index (χ3n) is 6.33. The first kappa shape index (κ1) is 22.8. The average molecular weight is 441 g/mol. The highest BCUT2D eigenvalue weighted by Crippen LogP contribution is 2.47. The Morgan fingerprint density at radius 3 is 2.58 bits per heavy atom. The maximum Gasteiger partial charge on any atom is 0.335 e. The van der Waals surface area contributed by atoms with Crippen molar-refractivity contribution in [3.05, 3.63) is 89.5 Å². The van der Waals surface area contributed by atoms with Crippen LogP contribution < -0.4 is 9.47 Å². The summed E-state index contributed by atoms with van der Waals surface area (Å²) in [6.45, 7) is 9.96. The van der Waals surface area contributed by atoms with Crippen LogP contribution in [0, 0.1) is 12.8 Å². The second-order valence-electron chi connectivity index (χ2n) is 9.17. The molecule has 1 aliphatic carbocycles. The van der Waals surface area contributed by atoms with Crippen molar-refractivity contribution >= 4 is 16.7 Å². The Morgan fingerprint density at radius 1 is 1.06 bits per heavy atom. The molecule has 0 aromatic heterocycles. The van der Waals surface area contributed by atoms with E-state index < -0.39 is 5.97 Å².